The van der Waals surface area contributed by atoms with E-state index in [-0.39, 0.29) is 0 Å². The van der Waals surface area contributed by atoms with Gasteiger partial charge in [-0.2, -0.15) is 16.9 Å². The number of thioether (sulfide) groups is 1. The Morgan fingerprint density at radius 3 is 2.80 bits per heavy atom. The van der Waals surface area contributed by atoms with Gasteiger partial charge < -0.3 is 5.73 Å². The van der Waals surface area contributed by atoms with Crippen LogP contribution in [0.1, 0.15) is 25.2 Å². The largest absolute Gasteiger partial charge is 0.329 e. The van der Waals surface area contributed by atoms with Gasteiger partial charge in [0.25, 0.3) is 0 Å². The second-order valence-electron chi connectivity index (χ2n) is 3.52. The molecule has 0 spiro atoms. The summed E-state index contributed by atoms with van der Waals surface area (Å²) < 4.78 is 1.97. The van der Waals surface area contributed by atoms with Crippen LogP contribution in [0, 0.1) is 6.92 Å². The highest BCUT2D eigenvalue weighted by molar-refractivity contribution is 7.99. The molecule has 1 unspecified atom stereocenters. The molecule has 0 saturated heterocycles. The van der Waals surface area contributed by atoms with E-state index in [4.69, 9.17) is 17.3 Å². The molecular weight excluding hydrogens is 230 g/mol. The van der Waals surface area contributed by atoms with Crippen molar-refractivity contribution in [1.29, 1.82) is 0 Å². The van der Waals surface area contributed by atoms with Crippen molar-refractivity contribution < 1.29 is 0 Å². The van der Waals surface area contributed by atoms with E-state index in [0.29, 0.717) is 11.8 Å². The summed E-state index contributed by atoms with van der Waals surface area (Å²) in [5.41, 5.74) is 7.60. The van der Waals surface area contributed by atoms with Gasteiger partial charge in [-0.05, 0) is 13.8 Å². The molecule has 0 aromatic carbocycles. The zero-order valence-electron chi connectivity index (χ0n) is 9.46. The highest BCUT2D eigenvalue weighted by Crippen LogP contribution is 2.26. The molecule has 2 N–H and O–H groups in total. The van der Waals surface area contributed by atoms with E-state index < -0.39 is 0 Å². The van der Waals surface area contributed by atoms with Crippen LogP contribution in [0.5, 0.6) is 0 Å². The van der Waals surface area contributed by atoms with Gasteiger partial charge in [0.2, 0.25) is 0 Å². The third-order valence-electron chi connectivity index (χ3n) is 2.29. The second kappa shape index (κ2) is 5.77. The summed E-state index contributed by atoms with van der Waals surface area (Å²) in [6.07, 6.45) is 0. The zero-order chi connectivity index (χ0) is 11.4. The lowest BCUT2D eigenvalue weighted by Crippen LogP contribution is -2.13. The number of aromatic nitrogens is 2. The fourth-order valence-electron chi connectivity index (χ4n) is 1.30. The predicted octanol–water partition coefficient (Wildman–Crippen LogP) is 2.45. The number of nitrogens with zero attached hydrogens (tertiary/aromatic N) is 2. The topological polar surface area (TPSA) is 43.8 Å². The molecule has 86 valence electrons. The van der Waals surface area contributed by atoms with Crippen LogP contribution >= 0.6 is 23.4 Å². The van der Waals surface area contributed by atoms with Gasteiger partial charge in [0.1, 0.15) is 0 Å². The van der Waals surface area contributed by atoms with Crippen LogP contribution in [0.25, 0.3) is 0 Å². The number of nitrogens with two attached hydrogens (primary N) is 1. The maximum Gasteiger partial charge on any atom is 0.0855 e. The van der Waals surface area contributed by atoms with Crippen molar-refractivity contribution in [3.63, 3.8) is 0 Å². The summed E-state index contributed by atoms with van der Waals surface area (Å²) in [7, 11) is 0. The minimum atomic E-state index is 0.460. The van der Waals surface area contributed by atoms with E-state index in [2.05, 4.69) is 18.9 Å². The van der Waals surface area contributed by atoms with Gasteiger partial charge in [0.15, 0.2) is 0 Å². The maximum absolute atomic E-state index is 6.19. The summed E-state index contributed by atoms with van der Waals surface area (Å²) in [4.78, 5) is 0. The van der Waals surface area contributed by atoms with Crippen molar-refractivity contribution in [3.05, 3.63) is 16.4 Å². The average molecular weight is 248 g/mol. The fraction of sp³-hybridized carbons (Fsp3) is 0.700. The fourth-order valence-corrected chi connectivity index (χ4v) is 2.45. The van der Waals surface area contributed by atoms with Crippen LogP contribution in [-0.2, 0) is 12.3 Å². The Bertz CT molecular complexity index is 325. The van der Waals surface area contributed by atoms with Crippen molar-refractivity contribution in [2.24, 2.45) is 5.73 Å². The summed E-state index contributed by atoms with van der Waals surface area (Å²) in [6, 6.07) is 0. The highest BCUT2D eigenvalue weighted by Gasteiger charge is 2.13. The van der Waals surface area contributed by atoms with Gasteiger partial charge in [0.05, 0.1) is 16.4 Å². The molecular formula is C10H18ClN3S. The standard InChI is InChI=1S/C10H18ClN3S/c1-4-14-9(6-15-7(2)5-12)10(11)8(3)13-14/h7H,4-6,12H2,1-3H3. The third kappa shape index (κ3) is 3.13. The van der Waals surface area contributed by atoms with Crippen molar-refractivity contribution in [1.82, 2.24) is 9.78 Å². The number of hydrogen-bond acceptors (Lipinski definition) is 3. The molecule has 0 aliphatic carbocycles. The summed E-state index contributed by atoms with van der Waals surface area (Å²) >= 11 is 8.01. The SMILES string of the molecule is CCn1nc(C)c(Cl)c1CSC(C)CN. The van der Waals surface area contributed by atoms with Crippen LogP contribution in [0.3, 0.4) is 0 Å². The van der Waals surface area contributed by atoms with Crippen LogP contribution in [0.2, 0.25) is 5.02 Å². The van der Waals surface area contributed by atoms with Gasteiger partial charge >= 0.3 is 0 Å². The van der Waals surface area contributed by atoms with E-state index >= 15 is 0 Å². The maximum atomic E-state index is 6.19. The smallest absolute Gasteiger partial charge is 0.0855 e. The lowest BCUT2D eigenvalue weighted by atomic mass is 10.4. The second-order valence-corrected chi connectivity index (χ2v) is 5.32. The minimum Gasteiger partial charge on any atom is -0.329 e. The predicted molar refractivity (Wildman–Crippen MR) is 67.5 cm³/mol. The van der Waals surface area contributed by atoms with Crippen molar-refractivity contribution in [2.75, 3.05) is 6.54 Å². The molecule has 5 heteroatoms. The van der Waals surface area contributed by atoms with E-state index in [1.54, 1.807) is 0 Å². The quantitative estimate of drug-likeness (QED) is 0.869. The third-order valence-corrected chi connectivity index (χ3v) is 3.98. The van der Waals surface area contributed by atoms with Gasteiger partial charge in [-0.15, -0.1) is 0 Å². The zero-order valence-corrected chi connectivity index (χ0v) is 11.0. The summed E-state index contributed by atoms with van der Waals surface area (Å²) in [6.45, 7) is 7.69. The first-order valence-corrected chi connectivity index (χ1v) is 6.56. The van der Waals surface area contributed by atoms with E-state index in [1.165, 1.54) is 0 Å². The van der Waals surface area contributed by atoms with Crippen LogP contribution in [0.15, 0.2) is 0 Å². The Balaban J connectivity index is 2.74. The average Bonchev–Trinajstić information content (AvgIpc) is 2.52. The monoisotopic (exact) mass is 247 g/mol. The summed E-state index contributed by atoms with van der Waals surface area (Å²) in [5.74, 6) is 0.881. The molecule has 1 heterocycles. The number of aryl methyl sites for hydroxylation is 2. The molecule has 1 aromatic heterocycles. The Morgan fingerprint density at radius 1 is 1.60 bits per heavy atom. The number of halogens is 1. The molecule has 1 aromatic rings. The van der Waals surface area contributed by atoms with Crippen molar-refractivity contribution >= 4 is 23.4 Å². The van der Waals surface area contributed by atoms with E-state index in [0.717, 1.165) is 28.7 Å². The Hall–Kier alpha value is -0.190. The van der Waals surface area contributed by atoms with E-state index in [9.17, 15) is 0 Å². The molecule has 0 radical (unpaired) electrons. The first-order chi connectivity index (χ1) is 7.10. The van der Waals surface area contributed by atoms with Gasteiger partial charge in [-0.25, -0.2) is 0 Å². The number of hydrogen-bond donors (Lipinski definition) is 1. The minimum absolute atomic E-state index is 0.460. The molecule has 0 aliphatic rings. The molecule has 15 heavy (non-hydrogen) atoms. The normalized spacial score (nSPS) is 13.1. The first-order valence-electron chi connectivity index (χ1n) is 5.13. The lowest BCUT2D eigenvalue weighted by molar-refractivity contribution is 0.631. The lowest BCUT2D eigenvalue weighted by Gasteiger charge is -2.09. The molecule has 0 saturated carbocycles. The molecule has 0 amide bonds. The molecule has 1 rings (SSSR count). The first kappa shape index (κ1) is 12.9. The Morgan fingerprint density at radius 2 is 2.27 bits per heavy atom. The van der Waals surface area contributed by atoms with Crippen molar-refractivity contribution in [3.8, 4) is 0 Å². The molecule has 0 aliphatic heterocycles. The Labute approximate surface area is 100 Å². The highest BCUT2D eigenvalue weighted by atomic mass is 35.5. The van der Waals surface area contributed by atoms with Crippen molar-refractivity contribution in [2.45, 2.75) is 38.3 Å². The van der Waals surface area contributed by atoms with Crippen LogP contribution in [0.4, 0.5) is 0 Å². The molecule has 1 atom stereocenters. The van der Waals surface area contributed by atoms with E-state index in [1.807, 2.05) is 23.4 Å². The molecule has 3 nitrogen and oxygen atoms in total. The van der Waals surface area contributed by atoms with Gasteiger partial charge in [-0.3, -0.25) is 4.68 Å². The van der Waals surface area contributed by atoms with Gasteiger partial charge in [-0.1, -0.05) is 18.5 Å². The van der Waals surface area contributed by atoms with Crippen LogP contribution in [-0.4, -0.2) is 21.6 Å². The van der Waals surface area contributed by atoms with Crippen LogP contribution < -0.4 is 5.73 Å². The summed E-state index contributed by atoms with van der Waals surface area (Å²) in [5, 5.41) is 5.63. The molecule has 0 bridgehead atoms. The Kier molecular flexibility index (Phi) is 4.96. The van der Waals surface area contributed by atoms with Gasteiger partial charge in [0, 0.05) is 24.1 Å². The number of rotatable bonds is 5. The molecule has 0 fully saturated rings.